The zero-order valence-corrected chi connectivity index (χ0v) is 10.4. The van der Waals surface area contributed by atoms with E-state index in [1.54, 1.807) is 17.0 Å². The molecule has 0 aromatic heterocycles. The predicted octanol–water partition coefficient (Wildman–Crippen LogP) is 2.79. The first-order chi connectivity index (χ1) is 8.02. The highest BCUT2D eigenvalue weighted by atomic mass is 19.1. The van der Waals surface area contributed by atoms with Crippen LogP contribution >= 0.6 is 0 Å². The molecule has 0 fully saturated rings. The van der Waals surface area contributed by atoms with Crippen LogP contribution in [0.25, 0.3) is 0 Å². The Labute approximate surface area is 102 Å². The van der Waals surface area contributed by atoms with Gasteiger partial charge in [-0.25, -0.2) is 4.39 Å². The molecule has 0 spiro atoms. The Kier molecular flexibility index (Phi) is 4.88. The van der Waals surface area contributed by atoms with Gasteiger partial charge in [0.05, 0.1) is 6.42 Å². The molecule has 0 radical (unpaired) electrons. The highest BCUT2D eigenvalue weighted by molar-refractivity contribution is 5.79. The van der Waals surface area contributed by atoms with Crippen LogP contribution in [0.4, 0.5) is 4.39 Å². The van der Waals surface area contributed by atoms with Gasteiger partial charge in [-0.15, -0.1) is 0 Å². The summed E-state index contributed by atoms with van der Waals surface area (Å²) in [6, 6.07) is 6.15. The first-order valence-electron chi connectivity index (χ1n) is 5.69. The maximum Gasteiger partial charge on any atom is 0.227 e. The molecule has 0 aliphatic heterocycles. The number of carbonyl (C=O) groups excluding carboxylic acids is 1. The lowest BCUT2D eigenvalue weighted by Gasteiger charge is -2.21. The molecule has 0 heterocycles. The van der Waals surface area contributed by atoms with Gasteiger partial charge in [-0.1, -0.05) is 24.3 Å². The Hall–Kier alpha value is -1.64. The summed E-state index contributed by atoms with van der Waals surface area (Å²) in [5, 5.41) is 0. The smallest absolute Gasteiger partial charge is 0.227 e. The standard InChI is InChI=1S/C14H18FNO/c1-4-16(10-11(2)3)14(17)9-12-6-5-7-13(15)8-12/h5-8H,2,4,9-10H2,1,3H3. The Morgan fingerprint density at radius 3 is 2.71 bits per heavy atom. The fraction of sp³-hybridized carbons (Fsp3) is 0.357. The van der Waals surface area contributed by atoms with Crippen LogP contribution in [0.1, 0.15) is 19.4 Å². The van der Waals surface area contributed by atoms with Gasteiger partial charge in [-0.05, 0) is 31.5 Å². The molecular weight excluding hydrogens is 217 g/mol. The number of benzene rings is 1. The van der Waals surface area contributed by atoms with E-state index in [4.69, 9.17) is 0 Å². The van der Waals surface area contributed by atoms with Crippen LogP contribution < -0.4 is 0 Å². The van der Waals surface area contributed by atoms with Crippen molar-refractivity contribution in [3.63, 3.8) is 0 Å². The first kappa shape index (κ1) is 13.4. The summed E-state index contributed by atoms with van der Waals surface area (Å²) in [4.78, 5) is 13.7. The fourth-order valence-corrected chi connectivity index (χ4v) is 1.64. The summed E-state index contributed by atoms with van der Waals surface area (Å²) in [6.45, 7) is 8.80. The maximum atomic E-state index is 13.0. The minimum Gasteiger partial charge on any atom is -0.339 e. The number of hydrogen-bond acceptors (Lipinski definition) is 1. The monoisotopic (exact) mass is 235 g/mol. The van der Waals surface area contributed by atoms with Gasteiger partial charge in [0.2, 0.25) is 5.91 Å². The summed E-state index contributed by atoms with van der Waals surface area (Å²) >= 11 is 0. The third kappa shape index (κ3) is 4.39. The molecule has 92 valence electrons. The topological polar surface area (TPSA) is 20.3 Å². The molecule has 0 unspecified atom stereocenters. The number of amides is 1. The van der Waals surface area contributed by atoms with Gasteiger partial charge in [0.25, 0.3) is 0 Å². The molecule has 2 nitrogen and oxygen atoms in total. The average molecular weight is 235 g/mol. The second-order valence-corrected chi connectivity index (χ2v) is 4.17. The van der Waals surface area contributed by atoms with E-state index < -0.39 is 0 Å². The van der Waals surface area contributed by atoms with Crippen molar-refractivity contribution in [1.29, 1.82) is 0 Å². The molecule has 17 heavy (non-hydrogen) atoms. The minimum absolute atomic E-state index is 0.00102. The lowest BCUT2D eigenvalue weighted by atomic mass is 10.1. The van der Waals surface area contributed by atoms with Crippen LogP contribution in [-0.2, 0) is 11.2 Å². The molecule has 0 atom stereocenters. The van der Waals surface area contributed by atoms with Crippen molar-refractivity contribution in [2.24, 2.45) is 0 Å². The summed E-state index contributed by atoms with van der Waals surface area (Å²) in [5.74, 6) is -0.306. The van der Waals surface area contributed by atoms with Gasteiger partial charge in [0.1, 0.15) is 5.82 Å². The fourth-order valence-electron chi connectivity index (χ4n) is 1.64. The maximum absolute atomic E-state index is 13.0. The van der Waals surface area contributed by atoms with Gasteiger partial charge >= 0.3 is 0 Å². The molecule has 0 aliphatic rings. The SMILES string of the molecule is C=C(C)CN(CC)C(=O)Cc1cccc(F)c1. The molecule has 0 saturated carbocycles. The molecule has 0 saturated heterocycles. The van der Waals surface area contributed by atoms with Crippen molar-refractivity contribution < 1.29 is 9.18 Å². The summed E-state index contributed by atoms with van der Waals surface area (Å²) in [5.41, 5.74) is 1.65. The van der Waals surface area contributed by atoms with E-state index in [1.807, 2.05) is 13.8 Å². The molecule has 1 rings (SSSR count). The number of carbonyl (C=O) groups is 1. The molecule has 0 N–H and O–H groups in total. The lowest BCUT2D eigenvalue weighted by Crippen LogP contribution is -2.33. The third-order valence-electron chi connectivity index (χ3n) is 2.44. The third-order valence-corrected chi connectivity index (χ3v) is 2.44. The van der Waals surface area contributed by atoms with E-state index in [2.05, 4.69) is 6.58 Å². The highest BCUT2D eigenvalue weighted by Crippen LogP contribution is 2.07. The van der Waals surface area contributed by atoms with Crippen molar-refractivity contribution in [2.45, 2.75) is 20.3 Å². The summed E-state index contributed by atoms with van der Waals surface area (Å²) < 4.78 is 13.0. The average Bonchev–Trinajstić information content (AvgIpc) is 2.25. The van der Waals surface area contributed by atoms with Crippen molar-refractivity contribution in [3.05, 3.63) is 47.8 Å². The van der Waals surface area contributed by atoms with Crippen LogP contribution in [0, 0.1) is 5.82 Å². The molecule has 1 amide bonds. The van der Waals surface area contributed by atoms with Crippen LogP contribution in [0.3, 0.4) is 0 Å². The van der Waals surface area contributed by atoms with E-state index in [9.17, 15) is 9.18 Å². The second kappa shape index (κ2) is 6.18. The van der Waals surface area contributed by atoms with E-state index in [0.717, 1.165) is 5.57 Å². The van der Waals surface area contributed by atoms with Gasteiger partial charge < -0.3 is 4.90 Å². The Morgan fingerprint density at radius 2 is 2.18 bits per heavy atom. The van der Waals surface area contributed by atoms with Crippen LogP contribution in [0.15, 0.2) is 36.4 Å². The van der Waals surface area contributed by atoms with E-state index in [0.29, 0.717) is 18.7 Å². The molecule has 1 aromatic rings. The largest absolute Gasteiger partial charge is 0.339 e. The number of nitrogens with zero attached hydrogens (tertiary/aromatic N) is 1. The van der Waals surface area contributed by atoms with Crippen molar-refractivity contribution in [2.75, 3.05) is 13.1 Å². The van der Waals surface area contributed by atoms with E-state index in [1.165, 1.54) is 12.1 Å². The number of likely N-dealkylation sites (N-methyl/N-ethyl adjacent to an activating group) is 1. The summed E-state index contributed by atoms with van der Waals surface area (Å²) in [6.07, 6.45) is 0.235. The minimum atomic E-state index is -0.307. The molecular formula is C14H18FNO. The molecule has 0 aliphatic carbocycles. The predicted molar refractivity (Wildman–Crippen MR) is 67.2 cm³/mol. The van der Waals surface area contributed by atoms with Crippen molar-refractivity contribution >= 4 is 5.91 Å². The first-order valence-corrected chi connectivity index (χ1v) is 5.69. The Morgan fingerprint density at radius 1 is 1.47 bits per heavy atom. The normalized spacial score (nSPS) is 10.1. The Balaban J connectivity index is 2.67. The number of halogens is 1. The lowest BCUT2D eigenvalue weighted by molar-refractivity contribution is -0.129. The van der Waals surface area contributed by atoms with Gasteiger partial charge in [0.15, 0.2) is 0 Å². The van der Waals surface area contributed by atoms with Crippen molar-refractivity contribution in [1.82, 2.24) is 4.90 Å². The van der Waals surface area contributed by atoms with E-state index >= 15 is 0 Å². The Bertz CT molecular complexity index is 414. The van der Waals surface area contributed by atoms with E-state index in [-0.39, 0.29) is 18.1 Å². The van der Waals surface area contributed by atoms with Crippen molar-refractivity contribution in [3.8, 4) is 0 Å². The summed E-state index contributed by atoms with van der Waals surface area (Å²) in [7, 11) is 0. The van der Waals surface area contributed by atoms with Gasteiger partial charge in [0, 0.05) is 13.1 Å². The molecule has 1 aromatic carbocycles. The molecule has 0 bridgehead atoms. The van der Waals surface area contributed by atoms with Crippen LogP contribution in [-0.4, -0.2) is 23.9 Å². The number of hydrogen-bond donors (Lipinski definition) is 0. The quantitative estimate of drug-likeness (QED) is 0.719. The van der Waals surface area contributed by atoms with Gasteiger partial charge in [-0.3, -0.25) is 4.79 Å². The van der Waals surface area contributed by atoms with Crippen LogP contribution in [0.2, 0.25) is 0 Å². The van der Waals surface area contributed by atoms with Crippen LogP contribution in [0.5, 0.6) is 0 Å². The second-order valence-electron chi connectivity index (χ2n) is 4.17. The number of rotatable bonds is 5. The zero-order valence-electron chi connectivity index (χ0n) is 10.4. The van der Waals surface area contributed by atoms with Gasteiger partial charge in [-0.2, -0.15) is 0 Å². The zero-order chi connectivity index (χ0) is 12.8. The molecule has 3 heteroatoms. The highest BCUT2D eigenvalue weighted by Gasteiger charge is 2.12.